The average Bonchev–Trinajstić information content (AvgIpc) is 3.28. The molecule has 3 aromatic rings. The number of hydrogen-bond donors (Lipinski definition) is 2. The maximum absolute atomic E-state index is 13.5. The number of nitrogens with zero attached hydrogens (tertiary/aromatic N) is 5. The SMILES string of the molecule is C=CC(=O)Nc1cccc(-n2cc(Nc3cn(C)nc3OC)c3c(c2=O)N(C)CN3C)c1. The maximum atomic E-state index is 13.5. The van der Waals surface area contributed by atoms with E-state index in [9.17, 15) is 9.59 Å². The Morgan fingerprint density at radius 1 is 1.16 bits per heavy atom. The van der Waals surface area contributed by atoms with E-state index in [2.05, 4.69) is 22.3 Å². The van der Waals surface area contributed by atoms with Gasteiger partial charge in [-0.15, -0.1) is 5.10 Å². The number of amides is 1. The summed E-state index contributed by atoms with van der Waals surface area (Å²) in [6.07, 6.45) is 4.75. The molecule has 1 aliphatic rings. The standard InChI is InChI=1S/C22H25N7O3/c1-6-18(30)23-14-8-7-9-15(10-14)29-12-16(24-17-11-28(4)25-21(17)32-5)19-20(22(29)31)27(3)13-26(19)2/h6-12,24H,1,13H2,2-5H3,(H,23,30). The number of anilines is 5. The average molecular weight is 435 g/mol. The highest BCUT2D eigenvalue weighted by atomic mass is 16.5. The van der Waals surface area contributed by atoms with Gasteiger partial charge in [0.25, 0.3) is 11.4 Å². The molecule has 1 amide bonds. The molecule has 0 saturated carbocycles. The van der Waals surface area contributed by atoms with E-state index in [4.69, 9.17) is 4.74 Å². The number of rotatable bonds is 6. The van der Waals surface area contributed by atoms with Crippen molar-refractivity contribution in [2.45, 2.75) is 0 Å². The fourth-order valence-electron chi connectivity index (χ4n) is 3.84. The molecule has 0 radical (unpaired) electrons. The first-order valence-corrected chi connectivity index (χ1v) is 9.92. The van der Waals surface area contributed by atoms with Crippen LogP contribution in [0.3, 0.4) is 0 Å². The molecule has 10 nitrogen and oxygen atoms in total. The second-order valence-electron chi connectivity index (χ2n) is 7.55. The van der Waals surface area contributed by atoms with Crippen molar-refractivity contribution in [1.82, 2.24) is 14.3 Å². The van der Waals surface area contributed by atoms with E-state index in [-0.39, 0.29) is 11.5 Å². The Morgan fingerprint density at radius 2 is 1.91 bits per heavy atom. The molecule has 2 aromatic heterocycles. The summed E-state index contributed by atoms with van der Waals surface area (Å²) in [5, 5.41) is 10.4. The molecule has 0 saturated heterocycles. The summed E-state index contributed by atoms with van der Waals surface area (Å²) < 4.78 is 8.58. The van der Waals surface area contributed by atoms with Crippen molar-refractivity contribution in [2.24, 2.45) is 7.05 Å². The maximum Gasteiger partial charge on any atom is 0.280 e. The Labute approximate surface area is 185 Å². The zero-order valence-corrected chi connectivity index (χ0v) is 18.4. The summed E-state index contributed by atoms with van der Waals surface area (Å²) in [6.45, 7) is 4.04. The molecule has 166 valence electrons. The molecule has 2 N–H and O–H groups in total. The zero-order valence-electron chi connectivity index (χ0n) is 18.4. The first-order valence-electron chi connectivity index (χ1n) is 9.92. The first kappa shape index (κ1) is 21.0. The van der Waals surface area contributed by atoms with Gasteiger partial charge in [-0.2, -0.15) is 0 Å². The van der Waals surface area contributed by atoms with E-state index in [1.807, 2.05) is 43.2 Å². The molecule has 0 unspecified atom stereocenters. The number of benzene rings is 1. The molecule has 1 aromatic carbocycles. The van der Waals surface area contributed by atoms with Gasteiger partial charge in [0.15, 0.2) is 0 Å². The molecule has 0 atom stereocenters. The second kappa shape index (κ2) is 8.14. The molecule has 0 bridgehead atoms. The number of pyridine rings is 1. The third-order valence-corrected chi connectivity index (χ3v) is 5.18. The topological polar surface area (TPSA) is 96.7 Å². The lowest BCUT2D eigenvalue weighted by Crippen LogP contribution is -2.27. The largest absolute Gasteiger partial charge is 0.478 e. The number of carbonyl (C=O) groups excluding carboxylic acids is 1. The Morgan fingerprint density at radius 3 is 2.62 bits per heavy atom. The number of ether oxygens (including phenoxy) is 1. The van der Waals surface area contributed by atoms with E-state index in [1.54, 1.807) is 40.8 Å². The fourth-order valence-corrected chi connectivity index (χ4v) is 3.84. The van der Waals surface area contributed by atoms with Crippen LogP contribution in [0.4, 0.5) is 28.4 Å². The predicted octanol–water partition coefficient (Wildman–Crippen LogP) is 2.29. The van der Waals surface area contributed by atoms with Crippen LogP contribution >= 0.6 is 0 Å². The van der Waals surface area contributed by atoms with E-state index >= 15 is 0 Å². The highest BCUT2D eigenvalue weighted by Crippen LogP contribution is 2.40. The highest BCUT2D eigenvalue weighted by molar-refractivity contribution is 5.99. The van der Waals surface area contributed by atoms with Crippen LogP contribution in [-0.2, 0) is 11.8 Å². The lowest BCUT2D eigenvalue weighted by atomic mass is 10.2. The highest BCUT2D eigenvalue weighted by Gasteiger charge is 2.29. The first-order chi connectivity index (χ1) is 15.3. The van der Waals surface area contributed by atoms with E-state index < -0.39 is 0 Å². The van der Waals surface area contributed by atoms with Gasteiger partial charge >= 0.3 is 0 Å². The number of methoxy groups -OCH3 is 1. The minimum atomic E-state index is -0.323. The summed E-state index contributed by atoms with van der Waals surface area (Å²) in [5.41, 5.74) is 3.77. The van der Waals surface area contributed by atoms with E-state index in [1.165, 1.54) is 6.08 Å². The van der Waals surface area contributed by atoms with Gasteiger partial charge < -0.3 is 25.2 Å². The Bertz CT molecular complexity index is 1260. The van der Waals surface area contributed by atoms with Crippen molar-refractivity contribution in [3.8, 4) is 11.6 Å². The van der Waals surface area contributed by atoms with Crippen LogP contribution in [0.25, 0.3) is 5.69 Å². The third kappa shape index (κ3) is 3.66. The smallest absolute Gasteiger partial charge is 0.280 e. The Balaban J connectivity index is 1.86. The third-order valence-electron chi connectivity index (χ3n) is 5.18. The Hall–Kier alpha value is -4.21. The zero-order chi connectivity index (χ0) is 23.0. The summed E-state index contributed by atoms with van der Waals surface area (Å²) in [6, 6.07) is 7.08. The van der Waals surface area contributed by atoms with Crippen molar-refractivity contribution in [3.63, 3.8) is 0 Å². The van der Waals surface area contributed by atoms with Gasteiger partial charge in [0.05, 0.1) is 37.0 Å². The molecule has 1 aliphatic heterocycles. The summed E-state index contributed by atoms with van der Waals surface area (Å²) in [5.74, 6) is 0.123. The molecular formula is C22H25N7O3. The van der Waals surface area contributed by atoms with Gasteiger partial charge in [0.2, 0.25) is 5.91 Å². The molecule has 0 spiro atoms. The Kier molecular flexibility index (Phi) is 5.35. The van der Waals surface area contributed by atoms with Crippen LogP contribution in [-0.4, -0.2) is 48.1 Å². The van der Waals surface area contributed by atoms with Crippen molar-refractivity contribution >= 4 is 34.3 Å². The van der Waals surface area contributed by atoms with Gasteiger partial charge in [0, 0.05) is 33.0 Å². The molecular weight excluding hydrogens is 410 g/mol. The molecule has 10 heteroatoms. The summed E-state index contributed by atoms with van der Waals surface area (Å²) in [4.78, 5) is 29.1. The van der Waals surface area contributed by atoms with Crippen molar-refractivity contribution in [1.29, 1.82) is 0 Å². The molecule has 0 fully saturated rings. The number of carbonyl (C=O) groups is 1. The van der Waals surface area contributed by atoms with E-state index in [0.29, 0.717) is 35.3 Å². The molecule has 32 heavy (non-hydrogen) atoms. The van der Waals surface area contributed by atoms with Crippen LogP contribution < -0.4 is 30.7 Å². The van der Waals surface area contributed by atoms with Crippen LogP contribution in [0.2, 0.25) is 0 Å². The normalized spacial score (nSPS) is 12.5. The molecule has 4 rings (SSSR count). The monoisotopic (exact) mass is 435 g/mol. The number of nitrogens with one attached hydrogen (secondary N) is 2. The van der Waals surface area contributed by atoms with Gasteiger partial charge in [-0.25, -0.2) is 0 Å². The molecule has 3 heterocycles. The lowest BCUT2D eigenvalue weighted by Gasteiger charge is -2.18. The quantitative estimate of drug-likeness (QED) is 0.574. The number of aromatic nitrogens is 3. The minimum Gasteiger partial charge on any atom is -0.478 e. The van der Waals surface area contributed by atoms with Crippen LogP contribution in [0.1, 0.15) is 0 Å². The van der Waals surface area contributed by atoms with Crippen LogP contribution in [0, 0.1) is 0 Å². The number of fused-ring (bicyclic) bond motifs is 1. The second-order valence-corrected chi connectivity index (χ2v) is 7.55. The fraction of sp³-hybridized carbons (Fsp3) is 0.227. The molecule has 0 aliphatic carbocycles. The van der Waals surface area contributed by atoms with Gasteiger partial charge in [-0.1, -0.05) is 12.6 Å². The van der Waals surface area contributed by atoms with E-state index in [0.717, 1.165) is 11.4 Å². The van der Waals surface area contributed by atoms with Crippen molar-refractivity contribution in [3.05, 3.63) is 59.7 Å². The van der Waals surface area contributed by atoms with Crippen LogP contribution in [0.5, 0.6) is 5.88 Å². The van der Waals surface area contributed by atoms with Crippen molar-refractivity contribution < 1.29 is 9.53 Å². The predicted molar refractivity (Wildman–Crippen MR) is 126 cm³/mol. The summed E-state index contributed by atoms with van der Waals surface area (Å²) >= 11 is 0. The number of aryl methyl sites for hydroxylation is 1. The lowest BCUT2D eigenvalue weighted by molar-refractivity contribution is -0.111. The number of hydrogen-bond acceptors (Lipinski definition) is 7. The van der Waals surface area contributed by atoms with Gasteiger partial charge in [-0.3, -0.25) is 18.8 Å². The van der Waals surface area contributed by atoms with Crippen LogP contribution in [0.15, 0.2) is 54.1 Å². The van der Waals surface area contributed by atoms with Gasteiger partial charge in [-0.05, 0) is 24.3 Å². The minimum absolute atomic E-state index is 0.164. The summed E-state index contributed by atoms with van der Waals surface area (Å²) in [7, 11) is 7.18. The van der Waals surface area contributed by atoms with Crippen molar-refractivity contribution in [2.75, 3.05) is 48.3 Å². The van der Waals surface area contributed by atoms with Gasteiger partial charge in [0.1, 0.15) is 11.4 Å².